The molecule has 0 spiro atoms. The van der Waals surface area contributed by atoms with E-state index < -0.39 is 46.8 Å². The summed E-state index contributed by atoms with van der Waals surface area (Å²) in [4.78, 5) is -0.238. The van der Waals surface area contributed by atoms with E-state index >= 15 is 0 Å². The number of alkyl halides is 5. The Morgan fingerprint density at radius 3 is 2.24 bits per heavy atom. The van der Waals surface area contributed by atoms with Gasteiger partial charge in [0, 0.05) is 6.42 Å². The van der Waals surface area contributed by atoms with E-state index in [0.717, 1.165) is 0 Å². The summed E-state index contributed by atoms with van der Waals surface area (Å²) < 4.78 is 94.0. The Hall–Kier alpha value is -1.57. The fourth-order valence-electron chi connectivity index (χ4n) is 1.43. The topological polar surface area (TPSA) is 81.9 Å². The van der Waals surface area contributed by atoms with Gasteiger partial charge in [-0.1, -0.05) is 18.2 Å². The number of benzene rings is 1. The third-order valence-electron chi connectivity index (χ3n) is 2.67. The lowest BCUT2D eigenvalue weighted by atomic mass is 10.2. The van der Waals surface area contributed by atoms with Crippen LogP contribution in [0, 0.1) is 0 Å². The predicted octanol–water partition coefficient (Wildman–Crippen LogP) is 2.76. The minimum atomic E-state index is -5.67. The summed E-state index contributed by atoms with van der Waals surface area (Å²) in [5, 5.41) is -0.700. The van der Waals surface area contributed by atoms with Gasteiger partial charge >= 0.3 is 27.4 Å². The van der Waals surface area contributed by atoms with Crippen LogP contribution in [0.15, 0.2) is 35.2 Å². The zero-order valence-electron chi connectivity index (χ0n) is 12.4. The number of hydroxylamine groups is 1. The van der Waals surface area contributed by atoms with E-state index in [1.165, 1.54) is 24.3 Å². The number of thiocarbonyl (C=S) groups is 1. The van der Waals surface area contributed by atoms with Crippen molar-refractivity contribution in [3.63, 3.8) is 0 Å². The van der Waals surface area contributed by atoms with Crippen molar-refractivity contribution in [3.05, 3.63) is 30.3 Å². The van der Waals surface area contributed by atoms with Crippen LogP contribution in [0.1, 0.15) is 12.8 Å². The smallest absolute Gasteiger partial charge is 0.453 e. The average molecular weight is 408 g/mol. The summed E-state index contributed by atoms with van der Waals surface area (Å²) in [7, 11) is -4.31. The summed E-state index contributed by atoms with van der Waals surface area (Å²) in [5.41, 5.74) is 0. The van der Waals surface area contributed by atoms with Crippen molar-refractivity contribution in [3.8, 4) is 0 Å². The van der Waals surface area contributed by atoms with Gasteiger partial charge in [0.05, 0.1) is 11.5 Å². The molecule has 0 atom stereocenters. The molecule has 13 heteroatoms. The number of halogens is 5. The lowest BCUT2D eigenvalue weighted by Crippen LogP contribution is -2.40. The molecule has 142 valence electrons. The van der Waals surface area contributed by atoms with Crippen molar-refractivity contribution in [1.82, 2.24) is 5.17 Å². The summed E-state index contributed by atoms with van der Waals surface area (Å²) in [5.74, 6) is 0.348. The maximum Gasteiger partial charge on any atom is 0.453 e. The first-order valence-corrected chi connectivity index (χ1v) is 8.34. The molecular weight excluding hydrogens is 395 g/mol. The van der Waals surface area contributed by atoms with E-state index in [9.17, 15) is 30.4 Å². The number of hydrogen-bond acceptors (Lipinski definition) is 6. The van der Waals surface area contributed by atoms with E-state index in [4.69, 9.17) is 5.84 Å². The Morgan fingerprint density at radius 1 is 1.16 bits per heavy atom. The van der Waals surface area contributed by atoms with Crippen LogP contribution >= 0.6 is 12.2 Å². The molecule has 0 heterocycles. The third kappa shape index (κ3) is 6.34. The van der Waals surface area contributed by atoms with Crippen LogP contribution in [0.2, 0.25) is 0 Å². The maximum absolute atomic E-state index is 12.7. The zero-order chi connectivity index (χ0) is 19.3. The van der Waals surface area contributed by atoms with Gasteiger partial charge in [-0.25, -0.2) is 5.84 Å². The van der Waals surface area contributed by atoms with Gasteiger partial charge < -0.3 is 4.74 Å². The number of hydrazine groups is 1. The fourth-order valence-corrected chi connectivity index (χ4v) is 2.45. The number of hydrogen-bond donors (Lipinski definition) is 1. The second-order valence-electron chi connectivity index (χ2n) is 4.59. The molecule has 0 unspecified atom stereocenters. The highest BCUT2D eigenvalue weighted by Crippen LogP contribution is 2.38. The highest BCUT2D eigenvalue weighted by Gasteiger charge is 2.56. The summed E-state index contributed by atoms with van der Waals surface area (Å²) in [6.07, 6.45) is -7.89. The first kappa shape index (κ1) is 21.5. The van der Waals surface area contributed by atoms with Crippen molar-refractivity contribution < 1.29 is 39.4 Å². The van der Waals surface area contributed by atoms with E-state index in [1.807, 2.05) is 0 Å². The molecule has 1 aromatic rings. The molecule has 0 aliphatic heterocycles. The number of ether oxygens (including phenoxy) is 1. The molecule has 1 aromatic carbocycles. The van der Waals surface area contributed by atoms with E-state index in [2.05, 4.69) is 21.2 Å². The molecule has 2 N–H and O–H groups in total. The normalized spacial score (nSPS) is 12.7. The Kier molecular flexibility index (Phi) is 7.05. The third-order valence-corrected chi connectivity index (χ3v) is 4.17. The van der Waals surface area contributed by atoms with Crippen molar-refractivity contribution in [2.45, 2.75) is 29.8 Å². The molecule has 0 saturated carbocycles. The molecule has 25 heavy (non-hydrogen) atoms. The van der Waals surface area contributed by atoms with Gasteiger partial charge in [0.25, 0.3) is 0 Å². The van der Waals surface area contributed by atoms with Gasteiger partial charge in [-0.2, -0.15) is 30.4 Å². The summed E-state index contributed by atoms with van der Waals surface area (Å²) >= 11 is 4.55. The fraction of sp³-hybridized carbons (Fsp3) is 0.417. The molecule has 1 rings (SSSR count). The predicted molar refractivity (Wildman–Crippen MR) is 79.5 cm³/mol. The minimum absolute atomic E-state index is 0.0551. The minimum Gasteiger partial charge on any atom is -0.468 e. The summed E-state index contributed by atoms with van der Waals surface area (Å²) in [6, 6.07) is 6.84. The Balaban J connectivity index is 2.48. The van der Waals surface area contributed by atoms with Gasteiger partial charge in [0.1, 0.15) is 0 Å². The van der Waals surface area contributed by atoms with Crippen LogP contribution in [-0.4, -0.2) is 37.5 Å². The molecule has 6 nitrogen and oxygen atoms in total. The number of rotatable bonds is 7. The second kappa shape index (κ2) is 8.21. The molecule has 0 saturated heterocycles. The first-order valence-electron chi connectivity index (χ1n) is 6.52. The van der Waals surface area contributed by atoms with Gasteiger partial charge in [-0.15, -0.1) is 9.46 Å². The SMILES string of the molecule is NN(OS(=O)(=O)c1ccccc1)C(=S)OCCCC(F)(F)C(F)(F)F. The summed E-state index contributed by atoms with van der Waals surface area (Å²) in [6.45, 7) is -0.646. The Morgan fingerprint density at radius 2 is 1.72 bits per heavy atom. The molecule has 0 amide bonds. The largest absolute Gasteiger partial charge is 0.468 e. The van der Waals surface area contributed by atoms with E-state index in [-0.39, 0.29) is 10.1 Å². The van der Waals surface area contributed by atoms with Crippen LogP contribution < -0.4 is 5.84 Å². The quantitative estimate of drug-likeness (QED) is 0.244. The first-order chi connectivity index (χ1) is 11.4. The Labute approximate surface area is 145 Å². The van der Waals surface area contributed by atoms with Crippen LogP contribution in [0.5, 0.6) is 0 Å². The van der Waals surface area contributed by atoms with Gasteiger partial charge in [0.2, 0.25) is 0 Å². The lowest BCUT2D eigenvalue weighted by Gasteiger charge is -2.20. The van der Waals surface area contributed by atoms with Crippen molar-refractivity contribution in [2.75, 3.05) is 6.61 Å². The molecule has 0 fully saturated rings. The number of nitrogens with zero attached hydrogens (tertiary/aromatic N) is 1. The molecular formula is C12H13F5N2O4S2. The lowest BCUT2D eigenvalue weighted by molar-refractivity contribution is -0.284. The van der Waals surface area contributed by atoms with Crippen LogP contribution in [0.25, 0.3) is 0 Å². The van der Waals surface area contributed by atoms with Crippen LogP contribution in [0.4, 0.5) is 22.0 Å². The van der Waals surface area contributed by atoms with E-state index in [0.29, 0.717) is 0 Å². The van der Waals surface area contributed by atoms with Crippen molar-refractivity contribution in [1.29, 1.82) is 0 Å². The maximum atomic E-state index is 12.7. The van der Waals surface area contributed by atoms with Crippen molar-refractivity contribution in [2.24, 2.45) is 5.84 Å². The van der Waals surface area contributed by atoms with Gasteiger partial charge in [0.15, 0.2) is 0 Å². The Bertz CT molecular complexity index is 682. The second-order valence-corrected chi connectivity index (χ2v) is 6.47. The highest BCUT2D eigenvalue weighted by atomic mass is 32.2. The van der Waals surface area contributed by atoms with Gasteiger partial charge in [-0.3, -0.25) is 0 Å². The standard InChI is InChI=1S/C12H13F5N2O4S2/c13-11(14,12(15,16)17)7-4-8-22-10(24)19(18)23-25(20,21)9-5-2-1-3-6-9/h1-3,5-6H,4,7-8,18H2. The molecule has 0 bridgehead atoms. The highest BCUT2D eigenvalue weighted by molar-refractivity contribution is 7.86. The van der Waals surface area contributed by atoms with Crippen LogP contribution in [-0.2, 0) is 19.1 Å². The number of nitrogens with two attached hydrogens (primary N) is 1. The molecule has 0 aliphatic rings. The monoisotopic (exact) mass is 408 g/mol. The van der Waals surface area contributed by atoms with E-state index in [1.54, 1.807) is 6.07 Å². The molecule has 0 aromatic heterocycles. The van der Waals surface area contributed by atoms with Crippen LogP contribution in [0.3, 0.4) is 0 Å². The zero-order valence-corrected chi connectivity index (χ0v) is 14.0. The molecule has 0 radical (unpaired) electrons. The van der Waals surface area contributed by atoms with Gasteiger partial charge in [-0.05, 0) is 30.8 Å². The average Bonchev–Trinajstić information content (AvgIpc) is 2.50. The molecule has 0 aliphatic carbocycles. The van der Waals surface area contributed by atoms with Crippen molar-refractivity contribution >= 4 is 27.5 Å².